The molecule has 4 aromatic rings. The normalized spacial score (nSPS) is 24.4. The van der Waals surface area contributed by atoms with Gasteiger partial charge in [-0.25, -0.2) is 18.9 Å². The van der Waals surface area contributed by atoms with Gasteiger partial charge >= 0.3 is 0 Å². The molecular formula is C21H21FN6. The van der Waals surface area contributed by atoms with Crippen LogP contribution < -0.4 is 0 Å². The van der Waals surface area contributed by atoms with E-state index in [1.54, 1.807) is 4.52 Å². The lowest BCUT2D eigenvalue weighted by Gasteiger charge is -2.11. The quantitative estimate of drug-likeness (QED) is 0.583. The number of rotatable bonds is 2. The molecule has 7 heteroatoms. The molecule has 1 aliphatic heterocycles. The Labute approximate surface area is 161 Å². The standard InChI is InChI=1S/C21H21FN6/c1-10-4-16(26-28-7-11(2)23-21(10)28)12-5-15(22)19-17(6-12)24-20(25-19)18-13-8-27(3)9-14(13)18/h4-7,13-14,18H,8-9H2,1-3H3,(H,24,25). The van der Waals surface area contributed by atoms with Gasteiger partial charge in [-0.1, -0.05) is 0 Å². The van der Waals surface area contributed by atoms with Crippen LogP contribution in [0, 0.1) is 31.5 Å². The maximum atomic E-state index is 14.9. The number of likely N-dealkylation sites (tertiary alicyclic amines) is 1. The number of piperidine rings is 1. The highest BCUT2D eigenvalue weighted by molar-refractivity contribution is 5.82. The Hall–Kier alpha value is -2.80. The Morgan fingerprint density at radius 1 is 1.11 bits per heavy atom. The van der Waals surface area contributed by atoms with Gasteiger partial charge in [0.05, 0.1) is 23.1 Å². The molecule has 142 valence electrons. The van der Waals surface area contributed by atoms with Gasteiger partial charge in [0.1, 0.15) is 11.3 Å². The largest absolute Gasteiger partial charge is 0.342 e. The molecule has 0 radical (unpaired) electrons. The molecule has 2 fully saturated rings. The van der Waals surface area contributed by atoms with Crippen LogP contribution in [0.1, 0.15) is 23.0 Å². The zero-order valence-corrected chi connectivity index (χ0v) is 16.1. The van der Waals surface area contributed by atoms with Gasteiger partial charge in [0.2, 0.25) is 0 Å². The van der Waals surface area contributed by atoms with Crippen molar-refractivity contribution in [3.63, 3.8) is 0 Å². The third kappa shape index (κ3) is 2.26. The summed E-state index contributed by atoms with van der Waals surface area (Å²) in [6, 6.07) is 5.45. The van der Waals surface area contributed by atoms with E-state index in [1.807, 2.05) is 32.2 Å². The minimum absolute atomic E-state index is 0.306. The number of nitrogens with one attached hydrogen (secondary N) is 1. The summed E-state index contributed by atoms with van der Waals surface area (Å²) in [6.45, 7) is 6.15. The van der Waals surface area contributed by atoms with Gasteiger partial charge in [-0.2, -0.15) is 5.10 Å². The number of hydrogen-bond acceptors (Lipinski definition) is 4. The van der Waals surface area contributed by atoms with Crippen molar-refractivity contribution in [3.05, 3.63) is 47.3 Å². The number of halogens is 1. The molecule has 2 unspecified atom stereocenters. The van der Waals surface area contributed by atoms with Crippen LogP contribution in [0.15, 0.2) is 24.4 Å². The number of aromatic amines is 1. The van der Waals surface area contributed by atoms with Crippen molar-refractivity contribution in [1.29, 1.82) is 0 Å². The Morgan fingerprint density at radius 3 is 2.68 bits per heavy atom. The summed E-state index contributed by atoms with van der Waals surface area (Å²) in [5.74, 6) is 2.38. The van der Waals surface area contributed by atoms with E-state index in [-0.39, 0.29) is 5.82 Å². The summed E-state index contributed by atoms with van der Waals surface area (Å²) in [5.41, 5.74) is 5.39. The molecule has 4 heterocycles. The molecule has 2 atom stereocenters. The van der Waals surface area contributed by atoms with Gasteiger partial charge in [-0.3, -0.25) is 0 Å². The first-order valence-corrected chi connectivity index (χ1v) is 9.69. The van der Waals surface area contributed by atoms with Crippen molar-refractivity contribution >= 4 is 16.7 Å². The third-order valence-electron chi connectivity index (χ3n) is 6.28. The highest BCUT2D eigenvalue weighted by Gasteiger charge is 2.56. The molecule has 1 aromatic carbocycles. The van der Waals surface area contributed by atoms with E-state index < -0.39 is 0 Å². The van der Waals surface area contributed by atoms with Gasteiger partial charge in [0.15, 0.2) is 11.5 Å². The van der Waals surface area contributed by atoms with Crippen molar-refractivity contribution in [2.24, 2.45) is 11.8 Å². The molecule has 6 nitrogen and oxygen atoms in total. The van der Waals surface area contributed by atoms with E-state index in [0.717, 1.165) is 52.6 Å². The van der Waals surface area contributed by atoms with Crippen LogP contribution in [0.2, 0.25) is 0 Å². The molecule has 1 N–H and O–H groups in total. The van der Waals surface area contributed by atoms with Crippen LogP contribution in [0.5, 0.6) is 0 Å². The molecule has 0 bridgehead atoms. The van der Waals surface area contributed by atoms with E-state index in [1.165, 1.54) is 6.07 Å². The van der Waals surface area contributed by atoms with Gasteiger partial charge in [-0.15, -0.1) is 0 Å². The van der Waals surface area contributed by atoms with Crippen LogP contribution in [-0.4, -0.2) is 49.6 Å². The van der Waals surface area contributed by atoms with Crippen LogP contribution in [0.25, 0.3) is 27.9 Å². The van der Waals surface area contributed by atoms with E-state index in [9.17, 15) is 4.39 Å². The molecular weight excluding hydrogens is 355 g/mol. The summed E-state index contributed by atoms with van der Waals surface area (Å²) >= 11 is 0. The summed E-state index contributed by atoms with van der Waals surface area (Å²) in [4.78, 5) is 14.8. The number of hydrogen-bond donors (Lipinski definition) is 1. The zero-order valence-electron chi connectivity index (χ0n) is 16.1. The summed E-state index contributed by atoms with van der Waals surface area (Å²) in [5, 5.41) is 4.63. The Morgan fingerprint density at radius 2 is 1.89 bits per heavy atom. The second kappa shape index (κ2) is 5.38. The first-order valence-electron chi connectivity index (χ1n) is 9.69. The fourth-order valence-electron chi connectivity index (χ4n) is 4.93. The lowest BCUT2D eigenvalue weighted by molar-refractivity contribution is 0.360. The Balaban J connectivity index is 1.43. The molecule has 6 rings (SSSR count). The molecule has 0 amide bonds. The molecule has 1 saturated carbocycles. The van der Waals surface area contributed by atoms with Gasteiger partial charge in [-0.05, 0) is 56.5 Å². The minimum atomic E-state index is -0.306. The van der Waals surface area contributed by atoms with Gasteiger partial charge < -0.3 is 9.88 Å². The second-order valence-corrected chi connectivity index (χ2v) is 8.41. The SMILES string of the molecule is Cc1cn2nc(-c3cc(F)c4nc(C5C6CN(C)CC65)[nH]c4c3)cc(C)c2n1. The van der Waals surface area contributed by atoms with Crippen LogP contribution in [0.3, 0.4) is 0 Å². The van der Waals surface area contributed by atoms with Gasteiger partial charge in [0, 0.05) is 24.6 Å². The smallest absolute Gasteiger partial charge is 0.156 e. The molecule has 2 aliphatic rings. The number of aromatic nitrogens is 5. The number of imidazole rings is 2. The summed E-state index contributed by atoms with van der Waals surface area (Å²) in [7, 11) is 2.15. The van der Waals surface area contributed by atoms with E-state index in [2.05, 4.69) is 32.0 Å². The fourth-order valence-corrected chi connectivity index (χ4v) is 4.93. The van der Waals surface area contributed by atoms with Gasteiger partial charge in [0.25, 0.3) is 0 Å². The maximum Gasteiger partial charge on any atom is 0.156 e. The topological polar surface area (TPSA) is 62.1 Å². The first-order chi connectivity index (χ1) is 13.5. The average molecular weight is 376 g/mol. The minimum Gasteiger partial charge on any atom is -0.342 e. The lowest BCUT2D eigenvalue weighted by atomic mass is 10.1. The molecule has 0 spiro atoms. The highest BCUT2D eigenvalue weighted by Crippen LogP contribution is 2.57. The van der Waals surface area contributed by atoms with Crippen LogP contribution in [0.4, 0.5) is 4.39 Å². The van der Waals surface area contributed by atoms with Crippen molar-refractivity contribution in [1.82, 2.24) is 29.5 Å². The van der Waals surface area contributed by atoms with Crippen molar-refractivity contribution in [2.45, 2.75) is 19.8 Å². The van der Waals surface area contributed by atoms with E-state index in [4.69, 9.17) is 0 Å². The number of fused-ring (bicyclic) bond motifs is 3. The zero-order chi connectivity index (χ0) is 19.2. The second-order valence-electron chi connectivity index (χ2n) is 8.41. The van der Waals surface area contributed by atoms with E-state index in [0.29, 0.717) is 23.3 Å². The average Bonchev–Trinajstić information content (AvgIpc) is 3.02. The fraction of sp³-hybridized carbons (Fsp3) is 0.381. The number of benzene rings is 1. The predicted molar refractivity (Wildman–Crippen MR) is 105 cm³/mol. The van der Waals surface area contributed by atoms with E-state index >= 15 is 0 Å². The van der Waals surface area contributed by atoms with Crippen LogP contribution >= 0.6 is 0 Å². The molecule has 3 aromatic heterocycles. The molecule has 28 heavy (non-hydrogen) atoms. The van der Waals surface area contributed by atoms with Crippen molar-refractivity contribution in [2.75, 3.05) is 20.1 Å². The molecule has 1 saturated heterocycles. The predicted octanol–water partition coefficient (Wildman–Crippen LogP) is 3.30. The maximum absolute atomic E-state index is 14.9. The van der Waals surface area contributed by atoms with Crippen molar-refractivity contribution < 1.29 is 4.39 Å². The number of nitrogens with zero attached hydrogens (tertiary/aromatic N) is 5. The highest BCUT2D eigenvalue weighted by atomic mass is 19.1. The third-order valence-corrected chi connectivity index (χ3v) is 6.28. The Kier molecular flexibility index (Phi) is 3.11. The molecule has 1 aliphatic carbocycles. The monoisotopic (exact) mass is 376 g/mol. The summed E-state index contributed by atoms with van der Waals surface area (Å²) in [6.07, 6.45) is 1.89. The number of H-pyrrole nitrogens is 1. The first kappa shape index (κ1) is 16.2. The number of aryl methyl sites for hydroxylation is 2. The summed E-state index contributed by atoms with van der Waals surface area (Å²) < 4.78 is 16.6. The van der Waals surface area contributed by atoms with Crippen LogP contribution in [-0.2, 0) is 0 Å². The Bertz CT molecular complexity index is 1240. The van der Waals surface area contributed by atoms with Crippen molar-refractivity contribution in [3.8, 4) is 11.3 Å². The lowest BCUT2D eigenvalue weighted by Crippen LogP contribution is -2.18.